The fourth-order valence-electron chi connectivity index (χ4n) is 4.39. The molecule has 2 fully saturated rings. The van der Waals surface area contributed by atoms with E-state index in [1.165, 1.54) is 15.9 Å². The summed E-state index contributed by atoms with van der Waals surface area (Å²) in [5.74, 6) is -1.27. The summed E-state index contributed by atoms with van der Waals surface area (Å²) in [4.78, 5) is 14.3. The number of hydrogen-bond donors (Lipinski definition) is 2. The number of hydrogen-bond acceptors (Lipinski definition) is 6. The molecular formula is C22H26FN3O5S. The third kappa shape index (κ3) is 3.99. The van der Waals surface area contributed by atoms with Crippen LogP contribution in [0.2, 0.25) is 0 Å². The van der Waals surface area contributed by atoms with Crippen LogP contribution in [0, 0.1) is 5.82 Å². The topological polar surface area (TPSA) is 99.2 Å². The summed E-state index contributed by atoms with van der Waals surface area (Å²) >= 11 is 0. The molecule has 0 radical (unpaired) electrons. The SMILES string of the molecule is O=C(NO)C1(S(=O)(=O)N2CCN(c3ccc(-c4ccccc4)c(F)c3)CC2)CCOCC1. The Morgan fingerprint density at radius 1 is 1.03 bits per heavy atom. The van der Waals surface area contributed by atoms with Crippen LogP contribution in [-0.2, 0) is 19.6 Å². The Balaban J connectivity index is 1.49. The molecule has 32 heavy (non-hydrogen) atoms. The Hall–Kier alpha value is -2.53. The van der Waals surface area contributed by atoms with Gasteiger partial charge in [-0.3, -0.25) is 10.0 Å². The number of ether oxygens (including phenoxy) is 1. The van der Waals surface area contributed by atoms with E-state index in [0.29, 0.717) is 24.3 Å². The quantitative estimate of drug-likeness (QED) is 0.520. The van der Waals surface area contributed by atoms with Crippen LogP contribution in [0.15, 0.2) is 48.5 Å². The number of piperazine rings is 1. The Morgan fingerprint density at radius 2 is 1.69 bits per heavy atom. The molecule has 2 aliphatic heterocycles. The van der Waals surface area contributed by atoms with Crippen molar-refractivity contribution < 1.29 is 27.5 Å². The van der Waals surface area contributed by atoms with Gasteiger partial charge in [0.2, 0.25) is 10.0 Å². The lowest BCUT2D eigenvalue weighted by molar-refractivity contribution is -0.134. The second-order valence-electron chi connectivity index (χ2n) is 7.97. The number of carbonyl (C=O) groups is 1. The molecule has 1 amide bonds. The standard InChI is InChI=1S/C22H26FN3O5S/c23-20-16-18(6-7-19(20)17-4-2-1-3-5-17)25-10-12-26(13-11-25)32(29,30)22(21(27)24-28)8-14-31-15-9-22/h1-7,16,28H,8-15H2,(H,24,27). The average molecular weight is 464 g/mol. The molecular weight excluding hydrogens is 437 g/mol. The van der Waals surface area contributed by atoms with E-state index in [1.807, 2.05) is 41.3 Å². The van der Waals surface area contributed by atoms with Crippen molar-refractivity contribution in [2.75, 3.05) is 44.3 Å². The molecule has 10 heteroatoms. The predicted molar refractivity (Wildman–Crippen MR) is 117 cm³/mol. The van der Waals surface area contributed by atoms with Gasteiger partial charge in [-0.05, 0) is 23.8 Å². The maximum absolute atomic E-state index is 14.8. The molecule has 172 valence electrons. The third-order valence-corrected chi connectivity index (χ3v) is 8.92. The van der Waals surface area contributed by atoms with E-state index >= 15 is 0 Å². The summed E-state index contributed by atoms with van der Waals surface area (Å²) in [7, 11) is -4.03. The van der Waals surface area contributed by atoms with E-state index in [0.717, 1.165) is 5.56 Å². The molecule has 0 bridgehead atoms. The minimum atomic E-state index is -4.03. The first-order chi connectivity index (χ1) is 15.4. The van der Waals surface area contributed by atoms with E-state index in [4.69, 9.17) is 9.94 Å². The lowest BCUT2D eigenvalue weighted by atomic mass is 9.98. The number of carbonyl (C=O) groups excluding carboxylic acids is 1. The molecule has 0 unspecified atom stereocenters. The van der Waals surface area contributed by atoms with Gasteiger partial charge in [0.05, 0.1) is 0 Å². The molecule has 2 aromatic carbocycles. The smallest absolute Gasteiger partial charge is 0.266 e. The maximum atomic E-state index is 14.8. The zero-order valence-corrected chi connectivity index (χ0v) is 18.4. The molecule has 2 aromatic rings. The van der Waals surface area contributed by atoms with Crippen LogP contribution >= 0.6 is 0 Å². The number of sulfonamides is 1. The first-order valence-electron chi connectivity index (χ1n) is 10.5. The van der Waals surface area contributed by atoms with Crippen LogP contribution in [0.4, 0.5) is 10.1 Å². The normalized spacial score (nSPS) is 19.5. The highest BCUT2D eigenvalue weighted by Crippen LogP contribution is 2.34. The molecule has 0 aliphatic carbocycles. The van der Waals surface area contributed by atoms with Crippen molar-refractivity contribution in [2.24, 2.45) is 0 Å². The monoisotopic (exact) mass is 463 g/mol. The molecule has 0 spiro atoms. The number of nitrogens with one attached hydrogen (secondary N) is 1. The third-order valence-electron chi connectivity index (χ3n) is 6.29. The van der Waals surface area contributed by atoms with Crippen molar-refractivity contribution in [3.8, 4) is 11.1 Å². The van der Waals surface area contributed by atoms with Gasteiger partial charge >= 0.3 is 0 Å². The molecule has 0 saturated carbocycles. The Morgan fingerprint density at radius 3 is 2.28 bits per heavy atom. The highest BCUT2D eigenvalue weighted by Gasteiger charge is 2.54. The molecule has 2 saturated heterocycles. The minimum absolute atomic E-state index is 0.0197. The van der Waals surface area contributed by atoms with Crippen LogP contribution in [0.25, 0.3) is 11.1 Å². The molecule has 0 aromatic heterocycles. The maximum Gasteiger partial charge on any atom is 0.266 e. The summed E-state index contributed by atoms with van der Waals surface area (Å²) in [6.07, 6.45) is -0.0395. The first-order valence-corrected chi connectivity index (χ1v) is 11.9. The predicted octanol–water partition coefficient (Wildman–Crippen LogP) is 2.00. The number of nitrogens with zero attached hydrogens (tertiary/aromatic N) is 2. The molecule has 0 atom stereocenters. The molecule has 2 N–H and O–H groups in total. The summed E-state index contributed by atoms with van der Waals surface area (Å²) < 4.78 is 46.3. The number of rotatable bonds is 5. The van der Waals surface area contributed by atoms with Gasteiger partial charge in [0, 0.05) is 63.5 Å². The molecule has 8 nitrogen and oxygen atoms in total. The molecule has 4 rings (SSSR count). The van der Waals surface area contributed by atoms with E-state index in [-0.39, 0.29) is 45.0 Å². The van der Waals surface area contributed by atoms with Crippen LogP contribution < -0.4 is 10.4 Å². The van der Waals surface area contributed by atoms with Crippen molar-refractivity contribution >= 4 is 21.6 Å². The number of halogens is 1. The fraction of sp³-hybridized carbons (Fsp3) is 0.409. The summed E-state index contributed by atoms with van der Waals surface area (Å²) in [5.41, 5.74) is 3.50. The second kappa shape index (κ2) is 9.14. The lowest BCUT2D eigenvalue weighted by Gasteiger charge is -2.42. The Labute approximate surface area is 186 Å². The number of benzene rings is 2. The molecule has 2 aliphatic rings. The van der Waals surface area contributed by atoms with Crippen LogP contribution in [-0.4, -0.2) is 68.0 Å². The van der Waals surface area contributed by atoms with Gasteiger partial charge in [-0.2, -0.15) is 4.31 Å². The number of amides is 1. The van der Waals surface area contributed by atoms with Crippen LogP contribution in [0.3, 0.4) is 0 Å². The highest BCUT2D eigenvalue weighted by atomic mass is 32.2. The van der Waals surface area contributed by atoms with Crippen molar-refractivity contribution in [1.82, 2.24) is 9.79 Å². The first kappa shape index (κ1) is 22.7. The van der Waals surface area contributed by atoms with Gasteiger partial charge < -0.3 is 9.64 Å². The Kier molecular flexibility index (Phi) is 6.47. The average Bonchev–Trinajstić information content (AvgIpc) is 2.84. The zero-order valence-electron chi connectivity index (χ0n) is 17.5. The van der Waals surface area contributed by atoms with Crippen molar-refractivity contribution in [3.63, 3.8) is 0 Å². The number of hydroxylamine groups is 1. The van der Waals surface area contributed by atoms with Crippen LogP contribution in [0.1, 0.15) is 12.8 Å². The van der Waals surface area contributed by atoms with E-state index in [9.17, 15) is 17.6 Å². The fourth-order valence-corrected chi connectivity index (χ4v) is 6.49. The second-order valence-corrected chi connectivity index (χ2v) is 10.2. The van der Waals surface area contributed by atoms with Gasteiger partial charge in [0.15, 0.2) is 4.75 Å². The van der Waals surface area contributed by atoms with Crippen molar-refractivity contribution in [2.45, 2.75) is 17.6 Å². The summed E-state index contributed by atoms with van der Waals surface area (Å²) in [5, 5.41) is 9.17. The number of anilines is 1. The molecule has 2 heterocycles. The Bertz CT molecular complexity index is 1070. The minimum Gasteiger partial charge on any atom is -0.381 e. The van der Waals surface area contributed by atoms with E-state index < -0.39 is 20.7 Å². The largest absolute Gasteiger partial charge is 0.381 e. The van der Waals surface area contributed by atoms with Gasteiger partial charge in [-0.15, -0.1) is 0 Å². The van der Waals surface area contributed by atoms with Crippen LogP contribution in [0.5, 0.6) is 0 Å². The van der Waals surface area contributed by atoms with E-state index in [1.54, 1.807) is 6.07 Å². The summed E-state index contributed by atoms with van der Waals surface area (Å²) in [6.45, 7) is 1.28. The highest BCUT2D eigenvalue weighted by molar-refractivity contribution is 7.91. The van der Waals surface area contributed by atoms with Gasteiger partial charge in [0.25, 0.3) is 5.91 Å². The van der Waals surface area contributed by atoms with Crippen molar-refractivity contribution in [1.29, 1.82) is 0 Å². The van der Waals surface area contributed by atoms with Gasteiger partial charge in [-0.1, -0.05) is 30.3 Å². The van der Waals surface area contributed by atoms with Gasteiger partial charge in [0.1, 0.15) is 5.82 Å². The van der Waals surface area contributed by atoms with Gasteiger partial charge in [-0.25, -0.2) is 18.3 Å². The lowest BCUT2D eigenvalue weighted by Crippen LogP contribution is -2.62. The zero-order chi connectivity index (χ0) is 22.8. The van der Waals surface area contributed by atoms with Crippen molar-refractivity contribution in [3.05, 3.63) is 54.3 Å². The summed E-state index contributed by atoms with van der Waals surface area (Å²) in [6, 6.07) is 14.3. The van der Waals surface area contributed by atoms with E-state index in [2.05, 4.69) is 0 Å².